The fraction of sp³-hybridized carbons (Fsp3) is 0.810. The number of carbonyl (C=O) groups excluding carboxylic acids is 2. The molecule has 28 heavy (non-hydrogen) atoms. The number of carbonyl (C=O) groups is 2. The maximum atomic E-state index is 11.5. The lowest BCUT2D eigenvalue weighted by molar-refractivity contribution is -0.147. The van der Waals surface area contributed by atoms with Gasteiger partial charge in [0, 0.05) is 6.92 Å². The zero-order chi connectivity index (χ0) is 21.2. The first-order valence-corrected chi connectivity index (χ1v) is 10.5. The summed E-state index contributed by atoms with van der Waals surface area (Å²) in [7, 11) is 1.08. The minimum absolute atomic E-state index is 0.318. The molecule has 0 amide bonds. The first kappa shape index (κ1) is 26.1. The fourth-order valence-corrected chi connectivity index (χ4v) is 3.06. The summed E-state index contributed by atoms with van der Waals surface area (Å²) >= 11 is 0. The summed E-state index contributed by atoms with van der Waals surface area (Å²) < 4.78 is 9.44. The summed E-state index contributed by atoms with van der Waals surface area (Å²) in [5, 5.41) is 12.6. The van der Waals surface area contributed by atoms with Crippen LogP contribution in [-0.4, -0.2) is 30.3 Å². The molecule has 0 bridgehead atoms. The van der Waals surface area contributed by atoms with Gasteiger partial charge in [0.15, 0.2) is 11.9 Å². The van der Waals surface area contributed by atoms with E-state index in [0.717, 1.165) is 26.4 Å². The number of hydrogen-bond donors (Lipinski definition) is 1. The Hall–Kier alpha value is -1.92. The highest BCUT2D eigenvalue weighted by molar-refractivity contribution is 5.88. The lowest BCUT2D eigenvalue weighted by atomic mass is 10.0. The van der Waals surface area contributed by atoms with Crippen molar-refractivity contribution in [3.05, 3.63) is 16.4 Å². The lowest BCUT2D eigenvalue weighted by Gasteiger charge is -2.17. The van der Waals surface area contributed by atoms with E-state index in [0.29, 0.717) is 12.8 Å². The quantitative estimate of drug-likeness (QED) is 0.110. The summed E-state index contributed by atoms with van der Waals surface area (Å²) in [4.78, 5) is 33.5. The molecule has 1 N–H and O–H groups in total. The van der Waals surface area contributed by atoms with Gasteiger partial charge in [-0.1, -0.05) is 77.6 Å². The summed E-state index contributed by atoms with van der Waals surface area (Å²) in [5.74, 6) is -2.31. The first-order chi connectivity index (χ1) is 13.5. The number of nitrogens with zero attached hydrogens (tertiary/aromatic N) is 1. The van der Waals surface area contributed by atoms with Crippen molar-refractivity contribution in [3.8, 4) is 0 Å². The van der Waals surface area contributed by atoms with E-state index in [1.165, 1.54) is 58.3 Å². The Morgan fingerprint density at radius 2 is 1.36 bits per heavy atom. The third-order valence-electron chi connectivity index (χ3n) is 4.65. The Morgan fingerprint density at radius 1 is 0.893 bits per heavy atom. The Kier molecular flexibility index (Phi) is 16.0. The molecule has 0 saturated carbocycles. The van der Waals surface area contributed by atoms with E-state index >= 15 is 0 Å². The number of esters is 2. The Bertz CT molecular complexity index is 489. The van der Waals surface area contributed by atoms with E-state index in [2.05, 4.69) is 16.8 Å². The Morgan fingerprint density at radius 3 is 1.75 bits per heavy atom. The van der Waals surface area contributed by atoms with Crippen LogP contribution in [0.2, 0.25) is 0 Å². The molecule has 0 aromatic carbocycles. The minimum Gasteiger partial charge on any atom is -0.506 e. The fourth-order valence-electron chi connectivity index (χ4n) is 3.06. The van der Waals surface area contributed by atoms with E-state index in [4.69, 9.17) is 4.74 Å². The number of ether oxygens (including phenoxy) is 2. The van der Waals surface area contributed by atoms with Crippen LogP contribution in [0.25, 0.3) is 0 Å². The molecule has 0 aliphatic heterocycles. The van der Waals surface area contributed by atoms with Crippen LogP contribution < -0.4 is 0 Å². The van der Waals surface area contributed by atoms with E-state index in [-0.39, 0.29) is 0 Å². The number of hydrogen-bond acceptors (Lipinski definition) is 7. The van der Waals surface area contributed by atoms with Gasteiger partial charge in [0.25, 0.3) is 0 Å². The van der Waals surface area contributed by atoms with Crippen molar-refractivity contribution in [2.24, 2.45) is 5.18 Å². The highest BCUT2D eigenvalue weighted by Gasteiger charge is 2.26. The smallest absolute Gasteiger partial charge is 0.364 e. The second-order valence-corrected chi connectivity index (χ2v) is 7.09. The molecular formula is C21H37NO6. The van der Waals surface area contributed by atoms with Gasteiger partial charge in [0.2, 0.25) is 5.70 Å². The molecule has 0 aromatic rings. The molecule has 0 spiro atoms. The SMILES string of the molecule is CCCCCCCCCCCCCCC(OC(C)=O)/C(O)=C(\N=O)C(=O)OC. The number of aliphatic hydroxyl groups is 1. The van der Waals surface area contributed by atoms with Crippen molar-refractivity contribution >= 4 is 11.9 Å². The maximum absolute atomic E-state index is 11.5. The Balaban J connectivity index is 4.14. The zero-order valence-electron chi connectivity index (χ0n) is 17.7. The van der Waals surface area contributed by atoms with Crippen molar-refractivity contribution < 1.29 is 24.2 Å². The average molecular weight is 400 g/mol. The average Bonchev–Trinajstić information content (AvgIpc) is 2.67. The van der Waals surface area contributed by atoms with Crippen LogP contribution >= 0.6 is 0 Å². The van der Waals surface area contributed by atoms with Crippen LogP contribution in [0.3, 0.4) is 0 Å². The normalized spacial score (nSPS) is 12.8. The number of nitroso groups, excluding NO2 is 1. The molecule has 0 fully saturated rings. The number of rotatable bonds is 17. The molecular weight excluding hydrogens is 362 g/mol. The van der Waals surface area contributed by atoms with E-state index in [1.54, 1.807) is 0 Å². The maximum Gasteiger partial charge on any atom is 0.364 e. The van der Waals surface area contributed by atoms with Crippen molar-refractivity contribution in [2.45, 2.75) is 103 Å². The Labute approximate surface area is 168 Å². The van der Waals surface area contributed by atoms with Crippen LogP contribution in [0, 0.1) is 4.91 Å². The van der Waals surface area contributed by atoms with Crippen LogP contribution in [0.5, 0.6) is 0 Å². The van der Waals surface area contributed by atoms with Crippen LogP contribution in [-0.2, 0) is 19.1 Å². The predicted molar refractivity (Wildman–Crippen MR) is 109 cm³/mol. The number of aliphatic hydroxyl groups excluding tert-OH is 1. The zero-order valence-corrected chi connectivity index (χ0v) is 17.7. The van der Waals surface area contributed by atoms with Gasteiger partial charge in [-0.15, -0.1) is 4.91 Å². The monoisotopic (exact) mass is 399 g/mol. The van der Waals surface area contributed by atoms with Gasteiger partial charge in [-0.3, -0.25) is 4.79 Å². The van der Waals surface area contributed by atoms with Crippen LogP contribution in [0.4, 0.5) is 0 Å². The molecule has 1 unspecified atom stereocenters. The highest BCUT2D eigenvalue weighted by Crippen LogP contribution is 2.19. The van der Waals surface area contributed by atoms with Crippen molar-refractivity contribution in [1.29, 1.82) is 0 Å². The standard InChI is InChI=1S/C21H37NO6/c1-4-5-6-7-8-9-10-11-12-13-14-15-16-18(28-17(2)23)20(24)19(22-26)21(25)27-3/h18,24H,4-16H2,1-3H3/b20-19+. The van der Waals surface area contributed by atoms with Gasteiger partial charge < -0.3 is 14.6 Å². The largest absolute Gasteiger partial charge is 0.506 e. The van der Waals surface area contributed by atoms with Gasteiger partial charge in [0.05, 0.1) is 7.11 Å². The summed E-state index contributed by atoms with van der Waals surface area (Å²) in [6, 6.07) is 0. The van der Waals surface area contributed by atoms with Gasteiger partial charge in [-0.25, -0.2) is 4.79 Å². The summed E-state index contributed by atoms with van der Waals surface area (Å²) in [6.45, 7) is 3.43. The molecule has 0 aromatic heterocycles. The van der Waals surface area contributed by atoms with Gasteiger partial charge >= 0.3 is 11.9 Å². The highest BCUT2D eigenvalue weighted by atomic mass is 16.6. The molecule has 0 radical (unpaired) electrons. The van der Waals surface area contributed by atoms with Crippen molar-refractivity contribution in [2.75, 3.05) is 7.11 Å². The molecule has 0 aliphatic rings. The van der Waals surface area contributed by atoms with E-state index in [9.17, 15) is 19.6 Å². The molecule has 7 heteroatoms. The van der Waals surface area contributed by atoms with Crippen molar-refractivity contribution in [3.63, 3.8) is 0 Å². The lowest BCUT2D eigenvalue weighted by Crippen LogP contribution is -2.22. The molecule has 7 nitrogen and oxygen atoms in total. The van der Waals surface area contributed by atoms with Gasteiger partial charge in [-0.2, -0.15) is 0 Å². The minimum atomic E-state index is -1.06. The topological polar surface area (TPSA) is 102 Å². The molecule has 0 rings (SSSR count). The molecule has 0 aliphatic carbocycles. The van der Waals surface area contributed by atoms with E-state index in [1.807, 2.05) is 0 Å². The van der Waals surface area contributed by atoms with E-state index < -0.39 is 29.5 Å². The molecule has 0 saturated heterocycles. The molecule has 1 atom stereocenters. The van der Waals surface area contributed by atoms with Crippen molar-refractivity contribution in [1.82, 2.24) is 0 Å². The second kappa shape index (κ2) is 17.2. The number of unbranched alkanes of at least 4 members (excludes halogenated alkanes) is 11. The van der Waals surface area contributed by atoms with Gasteiger partial charge in [-0.05, 0) is 18.0 Å². The molecule has 162 valence electrons. The third kappa shape index (κ3) is 12.5. The summed E-state index contributed by atoms with van der Waals surface area (Å²) in [6.07, 6.45) is 13.5. The number of methoxy groups -OCH3 is 1. The third-order valence-corrected chi connectivity index (χ3v) is 4.65. The summed E-state index contributed by atoms with van der Waals surface area (Å²) in [5.41, 5.74) is -0.757. The first-order valence-electron chi connectivity index (χ1n) is 10.5. The van der Waals surface area contributed by atoms with Crippen LogP contribution in [0.15, 0.2) is 16.6 Å². The van der Waals surface area contributed by atoms with Gasteiger partial charge in [0.1, 0.15) is 0 Å². The molecule has 0 heterocycles. The van der Waals surface area contributed by atoms with Crippen LogP contribution in [0.1, 0.15) is 97.3 Å². The predicted octanol–water partition coefficient (Wildman–Crippen LogP) is 5.72. The second-order valence-electron chi connectivity index (χ2n) is 7.09.